The van der Waals surface area contributed by atoms with Crippen molar-refractivity contribution in [3.8, 4) is 5.69 Å². The maximum Gasteiger partial charge on any atom is 0.352 e. The second-order valence-corrected chi connectivity index (χ2v) is 11.6. The molecule has 178 valence electrons. The van der Waals surface area contributed by atoms with Gasteiger partial charge in [0.2, 0.25) is 0 Å². The molecule has 2 unspecified atom stereocenters. The minimum atomic E-state index is -0.624. The van der Waals surface area contributed by atoms with Crippen LogP contribution in [-0.4, -0.2) is 21.6 Å². The van der Waals surface area contributed by atoms with E-state index >= 15 is 0 Å². The third-order valence-corrected chi connectivity index (χ3v) is 9.52. The van der Waals surface area contributed by atoms with Gasteiger partial charge in [0, 0.05) is 11.5 Å². The highest BCUT2D eigenvalue weighted by Gasteiger charge is 2.64. The van der Waals surface area contributed by atoms with E-state index in [1.54, 1.807) is 4.68 Å². The van der Waals surface area contributed by atoms with Crippen molar-refractivity contribution in [3.05, 3.63) is 47.3 Å². The van der Waals surface area contributed by atoms with E-state index in [0.717, 1.165) is 55.8 Å². The van der Waals surface area contributed by atoms with Gasteiger partial charge in [-0.3, -0.25) is 4.79 Å². The molecule has 1 aromatic carbocycles. The van der Waals surface area contributed by atoms with Gasteiger partial charge in [0.05, 0.1) is 17.3 Å². The summed E-state index contributed by atoms with van der Waals surface area (Å²) in [6.45, 7) is 0. The fourth-order valence-corrected chi connectivity index (χ4v) is 8.74. The minimum Gasteiger partial charge on any atom is -0.298 e. The zero-order chi connectivity index (χ0) is 23.2. The maximum absolute atomic E-state index is 14.7. The summed E-state index contributed by atoms with van der Waals surface area (Å²) in [5, 5.41) is 4.52. The summed E-state index contributed by atoms with van der Waals surface area (Å²) in [5.74, 6) is 1.70. The SMILES string of the molecule is O=C(C12CC3CC(CC(C3)C1)C2)C12CCC(C1)c1cnn(-c3ccc(F)cc3F)c12.O=C1NN1. The number of aromatic nitrogens is 2. The third-order valence-electron chi connectivity index (χ3n) is 9.52. The Morgan fingerprint density at radius 3 is 2.26 bits per heavy atom. The zero-order valence-corrected chi connectivity index (χ0v) is 18.9. The van der Waals surface area contributed by atoms with Crippen molar-refractivity contribution in [3.63, 3.8) is 0 Å². The number of rotatable bonds is 3. The second kappa shape index (κ2) is 6.89. The lowest BCUT2D eigenvalue weighted by Gasteiger charge is -2.57. The summed E-state index contributed by atoms with van der Waals surface area (Å²) >= 11 is 0. The van der Waals surface area contributed by atoms with Crippen LogP contribution in [0.4, 0.5) is 13.6 Å². The summed E-state index contributed by atoms with van der Waals surface area (Å²) in [5.41, 5.74) is 5.97. The van der Waals surface area contributed by atoms with Gasteiger partial charge in [-0.25, -0.2) is 29.1 Å². The number of Topliss-reactive ketones (excluding diaryl/α,β-unsaturated/α-hetero) is 1. The van der Waals surface area contributed by atoms with Crippen LogP contribution in [-0.2, 0) is 10.2 Å². The molecule has 0 spiro atoms. The fourth-order valence-electron chi connectivity index (χ4n) is 8.74. The highest BCUT2D eigenvalue weighted by molar-refractivity contribution is 5.97. The van der Waals surface area contributed by atoms with Crippen molar-refractivity contribution < 1.29 is 18.4 Å². The number of nitrogens with one attached hydrogen (secondary N) is 2. The lowest BCUT2D eigenvalue weighted by atomic mass is 9.46. The lowest BCUT2D eigenvalue weighted by molar-refractivity contribution is -0.150. The summed E-state index contributed by atoms with van der Waals surface area (Å²) in [6, 6.07) is 3.55. The molecule has 2 N–H and O–H groups in total. The molecule has 2 amide bonds. The predicted octanol–water partition coefficient (Wildman–Crippen LogP) is 4.67. The van der Waals surface area contributed by atoms with Crippen LogP contribution in [0.3, 0.4) is 0 Å². The molecule has 6 aliphatic carbocycles. The van der Waals surface area contributed by atoms with Crippen LogP contribution in [0.5, 0.6) is 0 Å². The number of ketones is 1. The number of carbonyl (C=O) groups is 2. The first-order valence-electron chi connectivity index (χ1n) is 12.5. The molecule has 0 radical (unpaired) electrons. The van der Waals surface area contributed by atoms with Crippen LogP contribution >= 0.6 is 0 Å². The number of hydrazine groups is 1. The molecule has 2 atom stereocenters. The Hall–Kier alpha value is -2.77. The predicted molar refractivity (Wildman–Crippen MR) is 119 cm³/mol. The van der Waals surface area contributed by atoms with Crippen LogP contribution in [0.25, 0.3) is 5.69 Å². The summed E-state index contributed by atoms with van der Waals surface area (Å²) < 4.78 is 29.8. The lowest BCUT2D eigenvalue weighted by Crippen LogP contribution is -2.55. The highest BCUT2D eigenvalue weighted by atomic mass is 19.1. The van der Waals surface area contributed by atoms with Crippen LogP contribution in [0.15, 0.2) is 24.4 Å². The van der Waals surface area contributed by atoms with Gasteiger partial charge in [-0.05, 0) is 99.2 Å². The maximum atomic E-state index is 14.7. The van der Waals surface area contributed by atoms with Crippen molar-refractivity contribution >= 4 is 11.8 Å². The molecule has 34 heavy (non-hydrogen) atoms. The molecule has 2 aromatic rings. The second-order valence-electron chi connectivity index (χ2n) is 11.6. The van der Waals surface area contributed by atoms with Crippen molar-refractivity contribution in [1.29, 1.82) is 0 Å². The number of fused-ring (bicyclic) bond motifs is 5. The number of hydrogen-bond acceptors (Lipinski definition) is 3. The average Bonchev–Trinajstić information content (AvgIpc) is 3.20. The molecule has 1 saturated heterocycles. The number of benzene rings is 1. The van der Waals surface area contributed by atoms with E-state index in [2.05, 4.69) is 16.0 Å². The smallest absolute Gasteiger partial charge is 0.298 e. The normalized spacial score (nSPS) is 37.5. The van der Waals surface area contributed by atoms with E-state index in [1.807, 2.05) is 6.20 Å². The third kappa shape index (κ3) is 2.86. The van der Waals surface area contributed by atoms with Crippen molar-refractivity contribution in [2.24, 2.45) is 23.2 Å². The van der Waals surface area contributed by atoms with Crippen molar-refractivity contribution in [2.45, 2.75) is 69.1 Å². The van der Waals surface area contributed by atoms with E-state index in [0.29, 0.717) is 29.5 Å². The Kier molecular flexibility index (Phi) is 4.17. The van der Waals surface area contributed by atoms with E-state index in [9.17, 15) is 18.4 Å². The molecule has 9 rings (SSSR count). The van der Waals surface area contributed by atoms with Gasteiger partial charge in [-0.2, -0.15) is 5.10 Å². The van der Waals surface area contributed by atoms with Gasteiger partial charge in [0.1, 0.15) is 11.5 Å². The summed E-state index contributed by atoms with van der Waals surface area (Å²) in [4.78, 5) is 23.8. The Labute approximate surface area is 196 Å². The molecule has 6 fully saturated rings. The number of carbonyl (C=O) groups excluding carboxylic acids is 2. The largest absolute Gasteiger partial charge is 0.352 e. The molecule has 2 heterocycles. The first-order chi connectivity index (χ1) is 16.4. The Bertz CT molecular complexity index is 1180. The van der Waals surface area contributed by atoms with Gasteiger partial charge >= 0.3 is 6.03 Å². The van der Waals surface area contributed by atoms with Gasteiger partial charge < -0.3 is 0 Å². The standard InChI is InChI=1S/C25H26F2N2O.CH2N2O/c26-18-1-2-21(20(27)8-18)29-22-19(13-28-29)17-3-4-25(22,12-17)23(30)24-9-14-5-15(10-24)7-16(6-14)11-24;4-1-2-3-1/h1-2,8,13-17H,3-7,9-12H2;(H2,2,3,4). The Morgan fingerprint density at radius 1 is 1.03 bits per heavy atom. The highest BCUT2D eigenvalue weighted by Crippen LogP contribution is 2.66. The van der Waals surface area contributed by atoms with Crippen LogP contribution in [0.2, 0.25) is 0 Å². The number of urea groups is 1. The van der Waals surface area contributed by atoms with Crippen LogP contribution in [0, 0.1) is 34.8 Å². The van der Waals surface area contributed by atoms with Gasteiger partial charge in [-0.15, -0.1) is 0 Å². The monoisotopic (exact) mass is 466 g/mol. The van der Waals surface area contributed by atoms with Crippen LogP contribution < -0.4 is 10.9 Å². The molecular formula is C26H28F2N4O2. The van der Waals surface area contributed by atoms with E-state index in [4.69, 9.17) is 0 Å². The number of hydrogen-bond donors (Lipinski definition) is 2. The summed E-state index contributed by atoms with van der Waals surface area (Å²) in [7, 11) is 0. The number of amides is 2. The summed E-state index contributed by atoms with van der Waals surface area (Å²) in [6.07, 6.45) is 11.6. The Balaban J connectivity index is 0.000000457. The first-order valence-corrected chi connectivity index (χ1v) is 12.5. The quantitative estimate of drug-likeness (QED) is 0.644. The zero-order valence-electron chi connectivity index (χ0n) is 18.9. The molecule has 6 bridgehead atoms. The number of nitrogens with zero attached hydrogens (tertiary/aromatic N) is 2. The van der Waals surface area contributed by atoms with Gasteiger partial charge in [0.25, 0.3) is 0 Å². The molecular weight excluding hydrogens is 438 g/mol. The topological polar surface area (TPSA) is 95.8 Å². The van der Waals surface area contributed by atoms with Crippen molar-refractivity contribution in [2.75, 3.05) is 0 Å². The molecule has 5 saturated carbocycles. The molecule has 8 heteroatoms. The molecule has 1 aliphatic heterocycles. The Morgan fingerprint density at radius 2 is 1.68 bits per heavy atom. The molecule has 7 aliphatic rings. The molecule has 6 nitrogen and oxygen atoms in total. The molecule has 1 aromatic heterocycles. The van der Waals surface area contributed by atoms with Crippen LogP contribution in [0.1, 0.15) is 75.0 Å². The van der Waals surface area contributed by atoms with E-state index in [1.165, 1.54) is 31.4 Å². The van der Waals surface area contributed by atoms with E-state index in [-0.39, 0.29) is 17.1 Å². The van der Waals surface area contributed by atoms with Crippen molar-refractivity contribution in [1.82, 2.24) is 20.6 Å². The first kappa shape index (κ1) is 20.6. The minimum absolute atomic E-state index is 0.0833. The fraction of sp³-hybridized carbons (Fsp3) is 0.577. The number of halogens is 2. The van der Waals surface area contributed by atoms with Gasteiger partial charge in [0.15, 0.2) is 11.6 Å². The van der Waals surface area contributed by atoms with Gasteiger partial charge in [-0.1, -0.05) is 0 Å². The van der Waals surface area contributed by atoms with E-state index < -0.39 is 17.0 Å². The average molecular weight is 467 g/mol.